The molecule has 0 heterocycles. The van der Waals surface area contributed by atoms with Gasteiger partial charge in [-0.05, 0) is 0 Å². The Morgan fingerprint density at radius 3 is 1.78 bits per heavy atom. The van der Waals surface area contributed by atoms with Crippen LogP contribution in [0.1, 0.15) is 13.8 Å². The molecule has 1 N–H and O–H groups in total. The first-order valence-electron chi connectivity index (χ1n) is 2.20. The summed E-state index contributed by atoms with van der Waals surface area (Å²) >= 11 is 0. The second-order valence-electron chi connectivity index (χ2n) is 1.75. The molecule has 0 unspecified atom stereocenters. The molecule has 9 heavy (non-hydrogen) atoms. The van der Waals surface area contributed by atoms with Gasteiger partial charge in [0, 0.05) is 40.8 Å². The van der Waals surface area contributed by atoms with E-state index in [1.54, 1.807) is 0 Å². The van der Waals surface area contributed by atoms with Crippen molar-refractivity contribution < 1.29 is 50.7 Å². The zero-order chi connectivity index (χ0) is 5.86. The zero-order valence-corrected chi connectivity index (χ0v) is 10.7. The minimum absolute atomic E-state index is 0. The summed E-state index contributed by atoms with van der Waals surface area (Å²) < 4.78 is 0. The third kappa shape index (κ3) is 17.7. The molecule has 0 saturated carbocycles. The molecule has 4 heteroatoms. The van der Waals surface area contributed by atoms with Crippen molar-refractivity contribution in [1.82, 2.24) is 0 Å². The fourth-order valence-corrected chi connectivity index (χ4v) is 0.285. The Bertz CT molecular complexity index is 73.4. The first-order valence-corrected chi connectivity index (χ1v) is 2.20. The molecule has 0 aliphatic rings. The molecule has 0 spiro atoms. The van der Waals surface area contributed by atoms with E-state index in [4.69, 9.17) is 5.11 Å². The molecule has 0 rings (SSSR count). The first-order chi connectivity index (χ1) is 3.13. The molecule has 56 valence electrons. The average Bonchev–Trinajstić information content (AvgIpc) is 1.27. The fourth-order valence-electron chi connectivity index (χ4n) is 0.285. The van der Waals surface area contributed by atoms with Gasteiger partial charge in [-0.2, -0.15) is 5.92 Å². The standard InChI is InChI=1S/C5H9O2.2Re/c1-4(2)3-5(6)7;;/h3-4H,1-2H3,(H,6,7);;/q-1;;. The Kier molecular flexibility index (Phi) is 15.7. The maximum absolute atomic E-state index is 9.75. The quantitative estimate of drug-likeness (QED) is 0.606. The van der Waals surface area contributed by atoms with E-state index >= 15 is 0 Å². The number of carbonyl (C=O) groups is 1. The summed E-state index contributed by atoms with van der Waals surface area (Å²) in [5.41, 5.74) is 0. The van der Waals surface area contributed by atoms with Crippen LogP contribution in [0, 0.1) is 12.3 Å². The van der Waals surface area contributed by atoms with Gasteiger partial charge >= 0.3 is 0 Å². The Labute approximate surface area is 82.7 Å². The Balaban J connectivity index is -0.000000180. The van der Waals surface area contributed by atoms with Crippen LogP contribution in [0.2, 0.25) is 0 Å². The fraction of sp³-hybridized carbons (Fsp3) is 0.600. The molecule has 0 amide bonds. The van der Waals surface area contributed by atoms with E-state index in [0.717, 1.165) is 0 Å². The van der Waals surface area contributed by atoms with Crippen molar-refractivity contribution in [3.8, 4) is 0 Å². The number of hydrogen-bond donors (Lipinski definition) is 1. The molecule has 0 aliphatic heterocycles. The number of hydrogen-bond acceptors (Lipinski definition) is 1. The topological polar surface area (TPSA) is 37.3 Å². The normalized spacial score (nSPS) is 7.00. The van der Waals surface area contributed by atoms with Gasteiger partial charge in [-0.1, -0.05) is 13.8 Å². The van der Waals surface area contributed by atoms with Gasteiger partial charge in [-0.3, -0.25) is 11.2 Å². The van der Waals surface area contributed by atoms with Crippen LogP contribution in [0.5, 0.6) is 0 Å². The molecule has 0 bridgehead atoms. The number of aliphatic carboxylic acids is 1. The zero-order valence-electron chi connectivity index (χ0n) is 5.27. The SMILES string of the molecule is CC(C)[CH-]C(=O)O.[Re].[Re]. The van der Waals surface area contributed by atoms with Crippen LogP contribution < -0.4 is 0 Å². The Morgan fingerprint density at radius 1 is 1.44 bits per heavy atom. The summed E-state index contributed by atoms with van der Waals surface area (Å²) in [7, 11) is 0. The average molecular weight is 474 g/mol. The van der Waals surface area contributed by atoms with Crippen LogP contribution in [0.15, 0.2) is 0 Å². The van der Waals surface area contributed by atoms with E-state index in [1.165, 1.54) is 6.42 Å². The largest absolute Gasteiger partial charge is 0.503 e. The molecule has 0 aromatic carbocycles. The van der Waals surface area contributed by atoms with E-state index in [-0.39, 0.29) is 46.8 Å². The van der Waals surface area contributed by atoms with Crippen molar-refractivity contribution in [3.05, 3.63) is 6.42 Å². The summed E-state index contributed by atoms with van der Waals surface area (Å²) in [4.78, 5) is 9.75. The number of rotatable bonds is 2. The van der Waals surface area contributed by atoms with Gasteiger partial charge in [0.25, 0.3) is 0 Å². The van der Waals surface area contributed by atoms with E-state index in [0.29, 0.717) is 0 Å². The number of carboxylic acids is 1. The summed E-state index contributed by atoms with van der Waals surface area (Å²) in [6, 6.07) is 0. The molecule has 2 radical (unpaired) electrons. The van der Waals surface area contributed by atoms with Gasteiger partial charge in [0.2, 0.25) is 0 Å². The molecule has 2 nitrogen and oxygen atoms in total. The third-order valence-electron chi connectivity index (χ3n) is 0.476. The molecule has 0 saturated heterocycles. The smallest absolute Gasteiger partial charge is 0.164 e. The van der Waals surface area contributed by atoms with E-state index in [9.17, 15) is 4.79 Å². The van der Waals surface area contributed by atoms with E-state index in [2.05, 4.69) is 0 Å². The summed E-state index contributed by atoms with van der Waals surface area (Å²) in [5.74, 6) is -0.688. The van der Waals surface area contributed by atoms with E-state index in [1.807, 2.05) is 13.8 Å². The molecule has 0 fully saturated rings. The predicted molar refractivity (Wildman–Crippen MR) is 26.8 cm³/mol. The monoisotopic (exact) mass is 475 g/mol. The van der Waals surface area contributed by atoms with Crippen LogP contribution in [-0.2, 0) is 45.6 Å². The molecule has 0 aromatic rings. The molecular weight excluding hydrogens is 464 g/mol. The van der Waals surface area contributed by atoms with Crippen molar-refractivity contribution in [3.63, 3.8) is 0 Å². The van der Waals surface area contributed by atoms with Crippen LogP contribution in [0.3, 0.4) is 0 Å². The second kappa shape index (κ2) is 8.66. The van der Waals surface area contributed by atoms with Crippen molar-refractivity contribution in [2.45, 2.75) is 13.8 Å². The maximum Gasteiger partial charge on any atom is 0.164 e. The molecular formula is C5H9O2Re2-. The van der Waals surface area contributed by atoms with Crippen molar-refractivity contribution in [2.24, 2.45) is 5.92 Å². The van der Waals surface area contributed by atoms with Gasteiger partial charge in [-0.25, -0.2) is 0 Å². The van der Waals surface area contributed by atoms with Gasteiger partial charge in [0.05, 0.1) is 0 Å². The van der Waals surface area contributed by atoms with Crippen LogP contribution in [-0.4, -0.2) is 11.1 Å². The maximum atomic E-state index is 9.75. The van der Waals surface area contributed by atoms with Crippen LogP contribution >= 0.6 is 0 Å². The minimum Gasteiger partial charge on any atom is -0.503 e. The Hall–Kier alpha value is 0.665. The van der Waals surface area contributed by atoms with Crippen molar-refractivity contribution >= 4 is 5.97 Å². The second-order valence-corrected chi connectivity index (χ2v) is 1.75. The summed E-state index contributed by atoms with van der Waals surface area (Å²) in [6.07, 6.45) is 1.25. The van der Waals surface area contributed by atoms with Gasteiger partial charge in [0.15, 0.2) is 5.97 Å². The molecule has 0 atom stereocenters. The van der Waals surface area contributed by atoms with E-state index < -0.39 is 5.97 Å². The summed E-state index contributed by atoms with van der Waals surface area (Å²) in [6.45, 7) is 3.66. The summed E-state index contributed by atoms with van der Waals surface area (Å²) in [5, 5.41) is 8.03. The van der Waals surface area contributed by atoms with Crippen molar-refractivity contribution in [1.29, 1.82) is 0 Å². The van der Waals surface area contributed by atoms with Gasteiger partial charge in [0.1, 0.15) is 0 Å². The number of carboxylic acid groups (broad SMARTS) is 1. The first kappa shape index (κ1) is 16.3. The predicted octanol–water partition coefficient (Wildman–Crippen LogP) is 0.926. The van der Waals surface area contributed by atoms with Crippen LogP contribution in [0.25, 0.3) is 0 Å². The Morgan fingerprint density at radius 2 is 1.78 bits per heavy atom. The van der Waals surface area contributed by atoms with Gasteiger partial charge in [-0.15, -0.1) is 0 Å². The molecule has 0 aliphatic carbocycles. The minimum atomic E-state index is -0.838. The third-order valence-corrected chi connectivity index (χ3v) is 0.476. The molecule has 0 aromatic heterocycles. The van der Waals surface area contributed by atoms with Gasteiger partial charge < -0.3 is 5.11 Å². The van der Waals surface area contributed by atoms with Crippen LogP contribution in [0.4, 0.5) is 0 Å². The van der Waals surface area contributed by atoms with Crippen molar-refractivity contribution in [2.75, 3.05) is 0 Å².